The Labute approximate surface area is 184 Å². The first-order chi connectivity index (χ1) is 15.4. The van der Waals surface area contributed by atoms with Crippen LogP contribution in [0.3, 0.4) is 0 Å². The molecule has 13 nitrogen and oxygen atoms in total. The molecule has 0 radical (unpaired) electrons. The molecule has 0 aliphatic carbocycles. The van der Waals surface area contributed by atoms with Gasteiger partial charge in [0.05, 0.1) is 23.7 Å². The Kier molecular flexibility index (Phi) is 8.41. The maximum Gasteiger partial charge on any atom is 0.297 e. The van der Waals surface area contributed by atoms with Crippen molar-refractivity contribution in [1.82, 2.24) is 25.1 Å². The summed E-state index contributed by atoms with van der Waals surface area (Å²) in [6.45, 7) is 1.18. The number of nitro groups is 1. The summed E-state index contributed by atoms with van der Waals surface area (Å²) in [5.74, 6) is 0. The highest BCUT2D eigenvalue weighted by Crippen LogP contribution is 2.26. The summed E-state index contributed by atoms with van der Waals surface area (Å²) < 4.78 is 1.24. The van der Waals surface area contributed by atoms with Crippen LogP contribution in [-0.4, -0.2) is 101 Å². The van der Waals surface area contributed by atoms with E-state index in [1.807, 2.05) is 4.90 Å². The Hall–Kier alpha value is -2.71. The van der Waals surface area contributed by atoms with E-state index in [0.717, 1.165) is 25.7 Å². The molecule has 0 spiro atoms. The van der Waals surface area contributed by atoms with Crippen molar-refractivity contribution in [2.45, 2.75) is 50.0 Å². The minimum Gasteiger partial charge on any atom is -0.395 e. The van der Waals surface area contributed by atoms with E-state index in [1.165, 1.54) is 17.1 Å². The number of rotatable bonds is 11. The van der Waals surface area contributed by atoms with Crippen LogP contribution in [-0.2, 0) is 0 Å². The van der Waals surface area contributed by atoms with E-state index >= 15 is 0 Å². The second-order valence-electron chi connectivity index (χ2n) is 7.85. The second kappa shape index (κ2) is 11.2. The molecule has 4 atom stereocenters. The van der Waals surface area contributed by atoms with Crippen molar-refractivity contribution in [3.05, 3.63) is 34.6 Å². The van der Waals surface area contributed by atoms with Crippen molar-refractivity contribution in [2.24, 2.45) is 0 Å². The molecule has 0 bridgehead atoms. The molecule has 3 unspecified atom stereocenters. The molecule has 13 heteroatoms. The maximum atomic E-state index is 11.4. The Balaban J connectivity index is 1.40. The third kappa shape index (κ3) is 5.75. The Morgan fingerprint density at radius 1 is 1.16 bits per heavy atom. The van der Waals surface area contributed by atoms with Crippen molar-refractivity contribution < 1.29 is 25.3 Å². The highest BCUT2D eigenvalue weighted by Gasteiger charge is 2.40. The molecular formula is C19H29N7O6. The van der Waals surface area contributed by atoms with E-state index < -0.39 is 29.3 Å². The van der Waals surface area contributed by atoms with E-state index in [9.17, 15) is 30.5 Å². The van der Waals surface area contributed by atoms with E-state index in [-0.39, 0.29) is 24.5 Å². The summed E-state index contributed by atoms with van der Waals surface area (Å²) >= 11 is 0. The standard InChI is InChI=1S/C19H29N7O6/c27-11-16-18(29)19(30)17(28)10-24(16)8-4-2-1-3-7-20-13-5-6-14(15(9-13)26(31)32)25-12-21-22-23-25/h5-6,9,12,16-20,27-30H,1-4,7-8,10-11H2/t16-,17?,18?,19?/m0/s1. The van der Waals surface area contributed by atoms with Crippen LogP contribution in [0.1, 0.15) is 25.7 Å². The molecule has 2 heterocycles. The van der Waals surface area contributed by atoms with Gasteiger partial charge in [-0.15, -0.1) is 5.10 Å². The van der Waals surface area contributed by atoms with Crippen molar-refractivity contribution in [3.63, 3.8) is 0 Å². The molecule has 32 heavy (non-hydrogen) atoms. The normalized spacial score (nSPS) is 23.9. The van der Waals surface area contributed by atoms with Gasteiger partial charge in [-0.05, 0) is 41.9 Å². The van der Waals surface area contributed by atoms with E-state index in [1.54, 1.807) is 12.1 Å². The zero-order valence-electron chi connectivity index (χ0n) is 17.6. The van der Waals surface area contributed by atoms with E-state index in [4.69, 9.17) is 0 Å². The predicted molar refractivity (Wildman–Crippen MR) is 113 cm³/mol. The van der Waals surface area contributed by atoms with Crippen LogP contribution in [0.25, 0.3) is 5.69 Å². The minimum atomic E-state index is -1.24. The number of hydrogen-bond donors (Lipinski definition) is 5. The average Bonchev–Trinajstić information content (AvgIpc) is 3.31. The lowest BCUT2D eigenvalue weighted by molar-refractivity contribution is -0.384. The molecule has 176 valence electrons. The number of tetrazole rings is 1. The second-order valence-corrected chi connectivity index (χ2v) is 7.85. The lowest BCUT2D eigenvalue weighted by atomic mass is 9.94. The van der Waals surface area contributed by atoms with Gasteiger partial charge >= 0.3 is 0 Å². The third-order valence-corrected chi connectivity index (χ3v) is 5.69. The van der Waals surface area contributed by atoms with Gasteiger partial charge < -0.3 is 25.7 Å². The van der Waals surface area contributed by atoms with Gasteiger partial charge in [0.15, 0.2) is 0 Å². The number of benzene rings is 1. The minimum absolute atomic E-state index is 0.100. The molecule has 0 amide bonds. The molecule has 1 fully saturated rings. The van der Waals surface area contributed by atoms with Crippen LogP contribution in [0.15, 0.2) is 24.5 Å². The number of unbranched alkanes of at least 4 members (excludes halogenated alkanes) is 3. The molecule has 2 aromatic rings. The number of likely N-dealkylation sites (tertiary alicyclic amines) is 1. The lowest BCUT2D eigenvalue weighted by Gasteiger charge is -2.43. The smallest absolute Gasteiger partial charge is 0.297 e. The number of nitro benzene ring substituents is 1. The number of piperidine rings is 1. The van der Waals surface area contributed by atoms with E-state index in [0.29, 0.717) is 18.8 Å². The fourth-order valence-corrected chi connectivity index (χ4v) is 3.91. The first-order valence-electron chi connectivity index (χ1n) is 10.6. The first kappa shape index (κ1) is 23.9. The zero-order chi connectivity index (χ0) is 23.1. The summed E-state index contributed by atoms with van der Waals surface area (Å²) in [5, 5.41) is 64.3. The third-order valence-electron chi connectivity index (χ3n) is 5.69. The van der Waals surface area contributed by atoms with Crippen LogP contribution >= 0.6 is 0 Å². The topological polar surface area (TPSA) is 183 Å². The SMILES string of the molecule is O=[N+]([O-])c1cc(NCCCCCCN2CC(O)C(O)C(O)[C@@H]2CO)ccc1-n1cnnn1. The van der Waals surface area contributed by atoms with Gasteiger partial charge in [-0.2, -0.15) is 4.68 Å². The Morgan fingerprint density at radius 2 is 1.94 bits per heavy atom. The fourth-order valence-electron chi connectivity index (χ4n) is 3.91. The fraction of sp³-hybridized carbons (Fsp3) is 0.632. The van der Waals surface area contributed by atoms with Crippen molar-refractivity contribution in [3.8, 4) is 5.69 Å². The van der Waals surface area contributed by atoms with Gasteiger partial charge in [0, 0.05) is 24.8 Å². The molecule has 1 aromatic heterocycles. The monoisotopic (exact) mass is 451 g/mol. The van der Waals surface area contributed by atoms with Crippen LogP contribution in [0.4, 0.5) is 11.4 Å². The average molecular weight is 451 g/mol. The molecule has 1 aliphatic rings. The number of nitrogens with one attached hydrogen (secondary N) is 1. The largest absolute Gasteiger partial charge is 0.395 e. The molecule has 3 rings (SSSR count). The molecule has 5 N–H and O–H groups in total. The van der Waals surface area contributed by atoms with Crippen molar-refractivity contribution in [1.29, 1.82) is 0 Å². The number of aliphatic hydroxyl groups is 4. The van der Waals surface area contributed by atoms with Crippen LogP contribution in [0.2, 0.25) is 0 Å². The molecule has 1 saturated heterocycles. The molecular weight excluding hydrogens is 422 g/mol. The van der Waals surface area contributed by atoms with Crippen molar-refractivity contribution in [2.75, 3.05) is 31.6 Å². The van der Waals surface area contributed by atoms with Crippen LogP contribution in [0.5, 0.6) is 0 Å². The lowest BCUT2D eigenvalue weighted by Crippen LogP contribution is -2.62. The summed E-state index contributed by atoms with van der Waals surface area (Å²) in [7, 11) is 0. The maximum absolute atomic E-state index is 11.4. The number of aromatic nitrogens is 4. The van der Waals surface area contributed by atoms with Crippen LogP contribution in [0, 0.1) is 10.1 Å². The van der Waals surface area contributed by atoms with E-state index in [2.05, 4.69) is 20.8 Å². The highest BCUT2D eigenvalue weighted by atomic mass is 16.6. The number of nitrogens with zero attached hydrogens (tertiary/aromatic N) is 6. The zero-order valence-corrected chi connectivity index (χ0v) is 17.6. The Morgan fingerprint density at radius 3 is 2.62 bits per heavy atom. The Bertz CT molecular complexity index is 868. The van der Waals surface area contributed by atoms with Gasteiger partial charge in [-0.1, -0.05) is 12.8 Å². The summed E-state index contributed by atoms with van der Waals surface area (Å²) in [6.07, 6.45) is 1.34. The van der Waals surface area contributed by atoms with Gasteiger partial charge in [0.1, 0.15) is 24.2 Å². The number of anilines is 1. The van der Waals surface area contributed by atoms with Gasteiger partial charge in [0.2, 0.25) is 0 Å². The number of β-amino-alcohol motifs (C(OH)–C–C–N with tert-alkyl or cyclic N) is 1. The quantitative estimate of drug-likeness (QED) is 0.165. The number of hydrogen-bond acceptors (Lipinski definition) is 11. The van der Waals surface area contributed by atoms with Crippen LogP contribution < -0.4 is 5.32 Å². The predicted octanol–water partition coefficient (Wildman–Crippen LogP) is -0.698. The van der Waals surface area contributed by atoms with Crippen molar-refractivity contribution >= 4 is 11.4 Å². The molecule has 1 aromatic carbocycles. The van der Waals surface area contributed by atoms with Gasteiger partial charge in [0.25, 0.3) is 5.69 Å². The molecule has 0 saturated carbocycles. The summed E-state index contributed by atoms with van der Waals surface area (Å²) in [4.78, 5) is 12.7. The van der Waals surface area contributed by atoms with Gasteiger partial charge in [-0.25, -0.2) is 0 Å². The highest BCUT2D eigenvalue weighted by molar-refractivity contribution is 5.61. The summed E-state index contributed by atoms with van der Waals surface area (Å²) in [5.41, 5.74) is 0.818. The first-order valence-corrected chi connectivity index (χ1v) is 10.6. The molecule has 1 aliphatic heterocycles. The summed E-state index contributed by atoms with van der Waals surface area (Å²) in [6, 6.07) is 4.20. The van der Waals surface area contributed by atoms with Gasteiger partial charge in [-0.3, -0.25) is 15.0 Å². The number of aliphatic hydroxyl groups excluding tert-OH is 4.